The lowest BCUT2D eigenvalue weighted by atomic mass is 10.3. The van der Waals surface area contributed by atoms with E-state index < -0.39 is 30.5 Å². The predicted octanol–water partition coefficient (Wildman–Crippen LogP) is 0.0805. The first kappa shape index (κ1) is 9.93. The summed E-state index contributed by atoms with van der Waals surface area (Å²) in [6, 6.07) is -1.08. The van der Waals surface area contributed by atoms with E-state index in [1.165, 1.54) is 0 Å². The Morgan fingerprint density at radius 3 is 2.54 bits per heavy atom. The van der Waals surface area contributed by atoms with Crippen LogP contribution in [0.1, 0.15) is 17.8 Å². The van der Waals surface area contributed by atoms with Crippen molar-refractivity contribution in [3.05, 3.63) is 11.7 Å². The minimum absolute atomic E-state index is 0.435. The van der Waals surface area contributed by atoms with Gasteiger partial charge in [0.05, 0.1) is 6.61 Å². The number of aromatic nitrogens is 2. The first-order valence-corrected chi connectivity index (χ1v) is 3.22. The van der Waals surface area contributed by atoms with E-state index in [9.17, 15) is 13.2 Å². The number of nitrogens with zero attached hydrogens (tertiary/aromatic N) is 2. The average Bonchev–Trinajstić information content (AvgIpc) is 2.50. The van der Waals surface area contributed by atoms with E-state index in [2.05, 4.69) is 14.7 Å². The van der Waals surface area contributed by atoms with Crippen molar-refractivity contribution in [2.45, 2.75) is 12.2 Å². The summed E-state index contributed by atoms with van der Waals surface area (Å²) < 4.78 is 39.8. The van der Waals surface area contributed by atoms with Crippen molar-refractivity contribution in [2.24, 2.45) is 5.73 Å². The third-order valence-electron chi connectivity index (χ3n) is 1.21. The van der Waals surface area contributed by atoms with Crippen LogP contribution in [-0.2, 0) is 6.18 Å². The summed E-state index contributed by atoms with van der Waals surface area (Å²) in [6.45, 7) is -0.556. The second-order valence-corrected chi connectivity index (χ2v) is 2.24. The highest BCUT2D eigenvalue weighted by atomic mass is 19.4. The zero-order chi connectivity index (χ0) is 10.1. The number of aliphatic hydroxyl groups excluding tert-OH is 1. The van der Waals surface area contributed by atoms with Crippen LogP contribution in [0.3, 0.4) is 0 Å². The monoisotopic (exact) mass is 197 g/mol. The molecule has 5 nitrogen and oxygen atoms in total. The van der Waals surface area contributed by atoms with E-state index >= 15 is 0 Å². The number of aliphatic hydroxyl groups is 1. The molecule has 0 radical (unpaired) electrons. The molecule has 1 atom stereocenters. The summed E-state index contributed by atoms with van der Waals surface area (Å²) >= 11 is 0. The predicted molar refractivity (Wildman–Crippen MR) is 33.3 cm³/mol. The van der Waals surface area contributed by atoms with Crippen LogP contribution in [0.5, 0.6) is 0 Å². The maximum Gasteiger partial charge on any atom is 0.455 e. The van der Waals surface area contributed by atoms with Crippen molar-refractivity contribution in [1.29, 1.82) is 0 Å². The highest BCUT2D eigenvalue weighted by molar-refractivity contribution is 4.94. The standard InChI is InChI=1S/C5H6F3N3O2/c6-5(7,8)4-10-3(13-11-4)2(9)1-12/h2,12H,1,9H2. The van der Waals surface area contributed by atoms with Crippen LogP contribution in [0.15, 0.2) is 4.52 Å². The average molecular weight is 197 g/mol. The van der Waals surface area contributed by atoms with Crippen LogP contribution in [0, 0.1) is 0 Å². The molecule has 1 unspecified atom stereocenters. The van der Waals surface area contributed by atoms with Gasteiger partial charge < -0.3 is 15.4 Å². The molecule has 0 aliphatic heterocycles. The Bertz CT molecular complexity index is 285. The fourth-order valence-corrected chi connectivity index (χ4v) is 0.579. The number of hydrogen-bond donors (Lipinski definition) is 2. The molecule has 3 N–H and O–H groups in total. The fraction of sp³-hybridized carbons (Fsp3) is 0.600. The molecule has 0 fully saturated rings. The molecule has 0 amide bonds. The van der Waals surface area contributed by atoms with Crippen molar-refractivity contribution in [1.82, 2.24) is 10.1 Å². The minimum Gasteiger partial charge on any atom is -0.394 e. The molecule has 74 valence electrons. The second kappa shape index (κ2) is 3.30. The van der Waals surface area contributed by atoms with E-state index in [0.717, 1.165) is 0 Å². The smallest absolute Gasteiger partial charge is 0.394 e. The van der Waals surface area contributed by atoms with Gasteiger partial charge >= 0.3 is 6.18 Å². The van der Waals surface area contributed by atoms with E-state index in [4.69, 9.17) is 10.8 Å². The molecule has 0 aliphatic carbocycles. The van der Waals surface area contributed by atoms with Gasteiger partial charge in [0.25, 0.3) is 5.82 Å². The Morgan fingerprint density at radius 2 is 2.15 bits per heavy atom. The number of hydrogen-bond acceptors (Lipinski definition) is 5. The molecule has 13 heavy (non-hydrogen) atoms. The lowest BCUT2D eigenvalue weighted by molar-refractivity contribution is -0.146. The van der Waals surface area contributed by atoms with Gasteiger partial charge in [0.15, 0.2) is 0 Å². The molecule has 0 bridgehead atoms. The summed E-state index contributed by atoms with van der Waals surface area (Å²) in [5.41, 5.74) is 5.14. The first-order chi connectivity index (χ1) is 5.95. The van der Waals surface area contributed by atoms with Crippen LogP contribution in [0.25, 0.3) is 0 Å². The van der Waals surface area contributed by atoms with Crippen molar-refractivity contribution in [3.63, 3.8) is 0 Å². The number of rotatable bonds is 2. The second-order valence-electron chi connectivity index (χ2n) is 2.24. The molecule has 0 aromatic carbocycles. The van der Waals surface area contributed by atoms with Gasteiger partial charge in [-0.05, 0) is 0 Å². The van der Waals surface area contributed by atoms with Crippen LogP contribution >= 0.6 is 0 Å². The lowest BCUT2D eigenvalue weighted by Crippen LogP contribution is -2.15. The SMILES string of the molecule is NC(CO)c1nc(C(F)(F)F)no1. The van der Waals surface area contributed by atoms with E-state index in [-0.39, 0.29) is 0 Å². The van der Waals surface area contributed by atoms with Crippen LogP contribution in [0.2, 0.25) is 0 Å². The zero-order valence-corrected chi connectivity index (χ0v) is 6.25. The molecule has 0 saturated heterocycles. The number of nitrogens with two attached hydrogens (primary N) is 1. The molecule has 8 heteroatoms. The normalized spacial score (nSPS) is 14.5. The Kier molecular flexibility index (Phi) is 2.52. The van der Waals surface area contributed by atoms with Gasteiger partial charge in [-0.15, -0.1) is 0 Å². The summed E-state index contributed by atoms with van der Waals surface area (Å²) in [4.78, 5) is 2.96. The van der Waals surface area contributed by atoms with Crippen molar-refractivity contribution in [3.8, 4) is 0 Å². The number of alkyl halides is 3. The summed E-state index contributed by atoms with van der Waals surface area (Å²) in [5.74, 6) is -1.83. The van der Waals surface area contributed by atoms with Crippen LogP contribution in [0.4, 0.5) is 13.2 Å². The van der Waals surface area contributed by atoms with Crippen molar-refractivity contribution >= 4 is 0 Å². The molecule has 1 aromatic rings. The fourth-order valence-electron chi connectivity index (χ4n) is 0.579. The van der Waals surface area contributed by atoms with E-state index in [0.29, 0.717) is 0 Å². The zero-order valence-electron chi connectivity index (χ0n) is 6.25. The van der Waals surface area contributed by atoms with Gasteiger partial charge in [-0.2, -0.15) is 18.2 Å². The summed E-state index contributed by atoms with van der Waals surface area (Å²) in [7, 11) is 0. The Balaban J connectivity index is 2.87. The van der Waals surface area contributed by atoms with Gasteiger partial charge in [-0.1, -0.05) is 5.16 Å². The quantitative estimate of drug-likeness (QED) is 0.701. The molecule has 0 spiro atoms. The molecule has 1 rings (SSSR count). The third kappa shape index (κ3) is 2.16. The third-order valence-corrected chi connectivity index (χ3v) is 1.21. The summed E-state index contributed by atoms with van der Waals surface area (Å²) in [6.07, 6.45) is -4.66. The highest BCUT2D eigenvalue weighted by Gasteiger charge is 2.37. The molecule has 1 heterocycles. The molecular formula is C5H6F3N3O2. The topological polar surface area (TPSA) is 85.2 Å². The number of halogens is 3. The van der Waals surface area contributed by atoms with Gasteiger partial charge in [0.1, 0.15) is 6.04 Å². The largest absolute Gasteiger partial charge is 0.455 e. The maximum atomic E-state index is 11.9. The van der Waals surface area contributed by atoms with E-state index in [1.807, 2.05) is 0 Å². The Morgan fingerprint density at radius 1 is 1.54 bits per heavy atom. The first-order valence-electron chi connectivity index (χ1n) is 3.22. The molecule has 0 aliphatic rings. The Hall–Kier alpha value is -1.15. The van der Waals surface area contributed by atoms with E-state index in [1.54, 1.807) is 0 Å². The molecular weight excluding hydrogens is 191 g/mol. The van der Waals surface area contributed by atoms with Gasteiger partial charge in [-0.25, -0.2) is 0 Å². The van der Waals surface area contributed by atoms with Crippen molar-refractivity contribution < 1.29 is 22.8 Å². The highest BCUT2D eigenvalue weighted by Crippen LogP contribution is 2.26. The van der Waals surface area contributed by atoms with Gasteiger partial charge in [0.2, 0.25) is 5.89 Å². The summed E-state index contributed by atoms with van der Waals surface area (Å²) in [5, 5.41) is 11.1. The maximum absolute atomic E-state index is 11.9. The Labute approximate surface area is 70.3 Å². The molecule has 1 aromatic heterocycles. The van der Waals surface area contributed by atoms with Crippen molar-refractivity contribution in [2.75, 3.05) is 6.61 Å². The van der Waals surface area contributed by atoms with Crippen LogP contribution < -0.4 is 5.73 Å². The van der Waals surface area contributed by atoms with Gasteiger partial charge in [0, 0.05) is 0 Å². The minimum atomic E-state index is -4.66. The lowest BCUT2D eigenvalue weighted by Gasteiger charge is -1.99. The van der Waals surface area contributed by atoms with Gasteiger partial charge in [-0.3, -0.25) is 0 Å². The molecule has 0 saturated carbocycles. The van der Waals surface area contributed by atoms with Crippen LogP contribution in [-0.4, -0.2) is 21.9 Å².